The van der Waals surface area contributed by atoms with E-state index in [4.69, 9.17) is 9.47 Å². The zero-order valence-corrected chi connectivity index (χ0v) is 29.7. The van der Waals surface area contributed by atoms with Crippen molar-refractivity contribution in [1.82, 2.24) is 14.4 Å². The summed E-state index contributed by atoms with van der Waals surface area (Å²) in [7, 11) is 5.16. The molecule has 0 N–H and O–H groups in total. The minimum atomic E-state index is -0.242. The van der Waals surface area contributed by atoms with E-state index in [1.54, 1.807) is 31.9 Å². The molecule has 1 amide bonds. The Morgan fingerprint density at radius 3 is 2.17 bits per heavy atom. The largest absolute Gasteiger partial charge is 0.496 e. The lowest BCUT2D eigenvalue weighted by Gasteiger charge is -2.36. The average Bonchev–Trinajstić information content (AvgIpc) is 3.58. The van der Waals surface area contributed by atoms with Crippen molar-refractivity contribution in [3.8, 4) is 28.7 Å². The van der Waals surface area contributed by atoms with Crippen molar-refractivity contribution in [2.24, 2.45) is 12.5 Å². The first-order valence-corrected chi connectivity index (χ1v) is 16.8. The highest BCUT2D eigenvalue weighted by atomic mass is 16.5. The van der Waals surface area contributed by atoms with Gasteiger partial charge in [0.1, 0.15) is 23.1 Å². The number of hydrogen-bond donors (Lipinski definition) is 0. The number of nitriles is 1. The van der Waals surface area contributed by atoms with Gasteiger partial charge in [0.2, 0.25) is 0 Å². The minimum absolute atomic E-state index is 0.00803. The predicted octanol–water partition coefficient (Wildman–Crippen LogP) is 6.17. The number of rotatable bonds is 8. The number of methoxy groups -OCH3 is 2. The number of aryl methyl sites for hydroxylation is 1. The predicted molar refractivity (Wildman–Crippen MR) is 190 cm³/mol. The van der Waals surface area contributed by atoms with Gasteiger partial charge in [-0.1, -0.05) is 39.0 Å². The number of pyridine rings is 1. The van der Waals surface area contributed by atoms with Gasteiger partial charge in [0.05, 0.1) is 25.8 Å². The zero-order valence-electron chi connectivity index (χ0n) is 29.7. The highest BCUT2D eigenvalue weighted by molar-refractivity contribution is 5.97. The highest BCUT2D eigenvalue weighted by Crippen LogP contribution is 2.38. The van der Waals surface area contributed by atoms with Gasteiger partial charge in [0.15, 0.2) is 0 Å². The van der Waals surface area contributed by atoms with E-state index in [-0.39, 0.29) is 28.5 Å². The lowest BCUT2D eigenvalue weighted by Crippen LogP contribution is -2.46. The second kappa shape index (κ2) is 14.3. The van der Waals surface area contributed by atoms with Gasteiger partial charge in [0, 0.05) is 69.3 Å². The minimum Gasteiger partial charge on any atom is -0.496 e. The van der Waals surface area contributed by atoms with Crippen LogP contribution in [0.5, 0.6) is 11.5 Å². The van der Waals surface area contributed by atoms with Crippen LogP contribution in [-0.2, 0) is 18.4 Å². The molecule has 2 saturated heterocycles. The molecule has 0 spiro atoms. The number of likely N-dealkylation sites (tertiary alicyclic amines) is 1. The molecule has 48 heavy (non-hydrogen) atoms. The van der Waals surface area contributed by atoms with E-state index in [1.807, 2.05) is 57.8 Å². The van der Waals surface area contributed by atoms with Crippen LogP contribution >= 0.6 is 0 Å². The molecule has 2 aliphatic heterocycles. The molecule has 3 heterocycles. The molecule has 2 aromatic carbocycles. The Morgan fingerprint density at radius 2 is 1.60 bits per heavy atom. The fourth-order valence-corrected chi connectivity index (χ4v) is 6.94. The number of aromatic nitrogens is 1. The molecule has 9 heteroatoms. The SMILES string of the molecule is COc1cc(-c2cn(C)c(=O)c(C)c2C)cc(OC)c1CN1CCN(c2ccc(C3CCCN3C(=O)C(C#N)=CC(C)(C)C)cc2)CC1. The molecule has 254 valence electrons. The molecule has 5 rings (SSSR count). The summed E-state index contributed by atoms with van der Waals surface area (Å²) in [6, 6.07) is 14.8. The Labute approximate surface area is 285 Å². The lowest BCUT2D eigenvalue weighted by atomic mass is 9.93. The zero-order chi connectivity index (χ0) is 34.7. The van der Waals surface area contributed by atoms with Crippen molar-refractivity contribution in [2.45, 2.75) is 60.0 Å². The van der Waals surface area contributed by atoms with Gasteiger partial charge < -0.3 is 23.8 Å². The number of hydrogen-bond acceptors (Lipinski definition) is 7. The molecule has 2 aliphatic rings. The summed E-state index contributed by atoms with van der Waals surface area (Å²) in [5, 5.41) is 9.70. The van der Waals surface area contributed by atoms with E-state index in [0.717, 1.165) is 83.9 Å². The molecule has 0 aliphatic carbocycles. The maximum atomic E-state index is 13.3. The van der Waals surface area contributed by atoms with Crippen LogP contribution in [0.3, 0.4) is 0 Å². The van der Waals surface area contributed by atoms with Crippen LogP contribution in [0.2, 0.25) is 0 Å². The Morgan fingerprint density at radius 1 is 0.979 bits per heavy atom. The third kappa shape index (κ3) is 7.29. The first kappa shape index (κ1) is 34.8. The molecule has 1 unspecified atom stereocenters. The molecule has 9 nitrogen and oxygen atoms in total. The monoisotopic (exact) mass is 651 g/mol. The van der Waals surface area contributed by atoms with Crippen molar-refractivity contribution < 1.29 is 14.3 Å². The van der Waals surface area contributed by atoms with Gasteiger partial charge in [0.25, 0.3) is 11.5 Å². The summed E-state index contributed by atoms with van der Waals surface area (Å²) in [4.78, 5) is 32.5. The number of nitrogens with zero attached hydrogens (tertiary/aromatic N) is 5. The van der Waals surface area contributed by atoms with Crippen molar-refractivity contribution in [1.29, 1.82) is 5.26 Å². The topological polar surface area (TPSA) is 91.0 Å². The summed E-state index contributed by atoms with van der Waals surface area (Å²) in [5.41, 5.74) is 6.90. The normalized spacial score (nSPS) is 17.4. The second-order valence-electron chi connectivity index (χ2n) is 14.1. The van der Waals surface area contributed by atoms with E-state index in [2.05, 4.69) is 40.1 Å². The smallest absolute Gasteiger partial charge is 0.264 e. The van der Waals surface area contributed by atoms with Gasteiger partial charge in [-0.15, -0.1) is 0 Å². The molecule has 0 saturated carbocycles. The molecule has 0 bridgehead atoms. The second-order valence-corrected chi connectivity index (χ2v) is 14.1. The summed E-state index contributed by atoms with van der Waals surface area (Å²) < 4.78 is 13.4. The standard InChI is InChI=1S/C39H49N5O4/c1-26-27(2)37(45)41(6)24-32(26)29-20-35(47-7)33(36(21-29)48-8)25-42-16-18-43(19-17-42)31-13-11-28(12-14-31)34-10-9-15-44(34)38(46)30(23-40)22-39(3,4)5/h11-14,20-22,24,34H,9-10,15-19,25H2,1-8H3. The summed E-state index contributed by atoms with van der Waals surface area (Å²) in [6.07, 6.45) is 5.49. The number of allylic oxidation sites excluding steroid dienone is 1. The molecule has 2 fully saturated rings. The summed E-state index contributed by atoms with van der Waals surface area (Å²) in [5.74, 6) is 1.36. The van der Waals surface area contributed by atoms with Crippen molar-refractivity contribution in [3.63, 3.8) is 0 Å². The van der Waals surface area contributed by atoms with E-state index in [9.17, 15) is 14.9 Å². The highest BCUT2D eigenvalue weighted by Gasteiger charge is 2.32. The number of ether oxygens (including phenoxy) is 2. The van der Waals surface area contributed by atoms with Crippen LogP contribution in [0.4, 0.5) is 5.69 Å². The Hall–Kier alpha value is -4.55. The van der Waals surface area contributed by atoms with E-state index in [0.29, 0.717) is 13.1 Å². The molecular weight excluding hydrogens is 602 g/mol. The first-order chi connectivity index (χ1) is 22.8. The van der Waals surface area contributed by atoms with E-state index in [1.165, 1.54) is 5.69 Å². The summed E-state index contributed by atoms with van der Waals surface area (Å²) >= 11 is 0. The third-order valence-electron chi connectivity index (χ3n) is 9.69. The van der Waals surface area contributed by atoms with Gasteiger partial charge in [-0.05, 0) is 73.1 Å². The molecule has 1 aromatic heterocycles. The number of carbonyl (C=O) groups excluding carboxylic acids is 1. The third-order valence-corrected chi connectivity index (χ3v) is 9.69. The Kier molecular flexibility index (Phi) is 10.4. The van der Waals surface area contributed by atoms with Crippen LogP contribution in [0.25, 0.3) is 11.1 Å². The number of carbonyl (C=O) groups is 1. The Bertz CT molecular complexity index is 1760. The number of anilines is 1. The molecule has 1 atom stereocenters. The average molecular weight is 652 g/mol. The van der Waals surface area contributed by atoms with Gasteiger partial charge in [-0.3, -0.25) is 14.5 Å². The lowest BCUT2D eigenvalue weighted by molar-refractivity contribution is -0.127. The number of piperazine rings is 1. The van der Waals surface area contributed by atoms with E-state index >= 15 is 0 Å². The first-order valence-electron chi connectivity index (χ1n) is 16.8. The van der Waals surface area contributed by atoms with E-state index < -0.39 is 0 Å². The van der Waals surface area contributed by atoms with Crippen LogP contribution in [0.15, 0.2) is 59.0 Å². The maximum Gasteiger partial charge on any atom is 0.264 e. The molecule has 0 radical (unpaired) electrons. The van der Waals surface area contributed by atoms with Crippen LogP contribution in [0, 0.1) is 30.6 Å². The van der Waals surface area contributed by atoms with Crippen LogP contribution < -0.4 is 19.9 Å². The van der Waals surface area contributed by atoms with Crippen molar-refractivity contribution in [3.05, 3.63) is 86.9 Å². The fourth-order valence-electron chi connectivity index (χ4n) is 6.94. The Balaban J connectivity index is 1.26. The van der Waals surface area contributed by atoms with Gasteiger partial charge in [-0.2, -0.15) is 5.26 Å². The van der Waals surface area contributed by atoms with Crippen LogP contribution in [-0.4, -0.2) is 67.2 Å². The maximum absolute atomic E-state index is 13.3. The van der Waals surface area contributed by atoms with Crippen molar-refractivity contribution in [2.75, 3.05) is 51.8 Å². The number of amides is 1. The number of benzene rings is 2. The molecular formula is C39H49N5O4. The fraction of sp³-hybridized carbons (Fsp3) is 0.462. The molecule has 3 aromatic rings. The quantitative estimate of drug-likeness (QED) is 0.213. The summed E-state index contributed by atoms with van der Waals surface area (Å²) in [6.45, 7) is 14.8. The van der Waals surface area contributed by atoms with Crippen molar-refractivity contribution >= 4 is 11.6 Å². The van der Waals surface area contributed by atoms with Crippen LogP contribution in [0.1, 0.15) is 61.9 Å². The van der Waals surface area contributed by atoms with Gasteiger partial charge in [-0.25, -0.2) is 0 Å². The van der Waals surface area contributed by atoms with Gasteiger partial charge >= 0.3 is 0 Å².